The lowest BCUT2D eigenvalue weighted by Gasteiger charge is -2.25. The van der Waals surface area contributed by atoms with Gasteiger partial charge in [-0.2, -0.15) is 16.5 Å². The summed E-state index contributed by atoms with van der Waals surface area (Å²) in [6.07, 6.45) is 2.33. The van der Waals surface area contributed by atoms with Crippen LogP contribution in [0.5, 0.6) is 5.75 Å². The smallest absolute Gasteiger partial charge is 0.241 e. The van der Waals surface area contributed by atoms with E-state index < -0.39 is 16.1 Å². The van der Waals surface area contributed by atoms with E-state index in [9.17, 15) is 13.2 Å². The van der Waals surface area contributed by atoms with Crippen molar-refractivity contribution in [3.8, 4) is 5.75 Å². The summed E-state index contributed by atoms with van der Waals surface area (Å²) in [4.78, 5) is 14.7. The molecule has 1 N–H and O–H groups in total. The van der Waals surface area contributed by atoms with Crippen molar-refractivity contribution in [2.75, 3.05) is 26.2 Å². The van der Waals surface area contributed by atoms with E-state index in [0.29, 0.717) is 24.5 Å². The Balaban J connectivity index is 2.18. The van der Waals surface area contributed by atoms with E-state index in [-0.39, 0.29) is 10.8 Å². The number of carbonyl (C=O) groups excluding carboxylic acids is 1. The average molecular weight is 423 g/mol. The second-order valence-corrected chi connectivity index (χ2v) is 8.97. The standard InChI is InChI=1S/C20H26N2O4S2/c1-22(15-16-9-7-8-12-19(16)26-2)20(23)18(13-14-27-3)21-28(24,25)17-10-5-4-6-11-17/h4-12,18,21H,13-15H2,1-3H3. The molecule has 2 aromatic rings. The number of hydrogen-bond donors (Lipinski definition) is 1. The third-order valence-electron chi connectivity index (χ3n) is 4.24. The van der Waals surface area contributed by atoms with Crippen molar-refractivity contribution in [2.45, 2.75) is 23.9 Å². The molecule has 2 rings (SSSR count). The highest BCUT2D eigenvalue weighted by Crippen LogP contribution is 2.20. The molecular formula is C20H26N2O4S2. The number of benzene rings is 2. The number of rotatable bonds is 10. The highest BCUT2D eigenvalue weighted by atomic mass is 32.2. The van der Waals surface area contributed by atoms with Gasteiger partial charge in [-0.3, -0.25) is 4.79 Å². The number of likely N-dealkylation sites (N-methyl/N-ethyl adjacent to an activating group) is 1. The topological polar surface area (TPSA) is 75.7 Å². The first-order valence-corrected chi connectivity index (χ1v) is 11.7. The van der Waals surface area contributed by atoms with E-state index in [1.807, 2.05) is 30.5 Å². The predicted molar refractivity (Wildman–Crippen MR) is 113 cm³/mol. The van der Waals surface area contributed by atoms with Gasteiger partial charge in [-0.15, -0.1) is 0 Å². The Hall–Kier alpha value is -2.03. The second-order valence-electron chi connectivity index (χ2n) is 6.27. The minimum Gasteiger partial charge on any atom is -0.496 e. The van der Waals surface area contributed by atoms with Gasteiger partial charge < -0.3 is 9.64 Å². The number of carbonyl (C=O) groups is 1. The molecule has 0 fully saturated rings. The molecular weight excluding hydrogens is 396 g/mol. The molecule has 1 amide bonds. The lowest BCUT2D eigenvalue weighted by atomic mass is 10.1. The number of hydrogen-bond acceptors (Lipinski definition) is 5. The van der Waals surface area contributed by atoms with Gasteiger partial charge in [0.15, 0.2) is 0 Å². The summed E-state index contributed by atoms with van der Waals surface area (Å²) >= 11 is 1.57. The molecule has 0 spiro atoms. The van der Waals surface area contributed by atoms with Crippen LogP contribution in [0.25, 0.3) is 0 Å². The normalized spacial score (nSPS) is 12.4. The summed E-state index contributed by atoms with van der Waals surface area (Å²) in [5.74, 6) is 1.07. The van der Waals surface area contributed by atoms with E-state index in [1.165, 1.54) is 17.0 Å². The van der Waals surface area contributed by atoms with Crippen molar-refractivity contribution < 1.29 is 17.9 Å². The number of amides is 1. The van der Waals surface area contributed by atoms with E-state index in [0.717, 1.165) is 5.56 Å². The first-order valence-electron chi connectivity index (χ1n) is 8.82. The number of methoxy groups -OCH3 is 1. The van der Waals surface area contributed by atoms with Crippen LogP contribution in [0.3, 0.4) is 0 Å². The Morgan fingerprint density at radius 1 is 1.14 bits per heavy atom. The number of nitrogens with one attached hydrogen (secondary N) is 1. The van der Waals surface area contributed by atoms with Gasteiger partial charge in [0.2, 0.25) is 15.9 Å². The molecule has 0 radical (unpaired) electrons. The summed E-state index contributed by atoms with van der Waals surface area (Å²) in [5.41, 5.74) is 0.857. The minimum absolute atomic E-state index is 0.143. The maximum atomic E-state index is 13.0. The first kappa shape index (κ1) is 22.3. The van der Waals surface area contributed by atoms with Crippen LogP contribution in [0.15, 0.2) is 59.5 Å². The molecule has 0 aromatic heterocycles. The van der Waals surface area contributed by atoms with E-state index in [2.05, 4.69) is 4.72 Å². The number of ether oxygens (including phenoxy) is 1. The van der Waals surface area contributed by atoms with E-state index in [1.54, 1.807) is 44.1 Å². The number of nitrogens with zero attached hydrogens (tertiary/aromatic N) is 1. The Bertz CT molecular complexity index is 873. The fourth-order valence-electron chi connectivity index (χ4n) is 2.76. The minimum atomic E-state index is -3.79. The largest absolute Gasteiger partial charge is 0.496 e. The molecule has 1 unspecified atom stereocenters. The van der Waals surface area contributed by atoms with Crippen molar-refractivity contribution in [3.05, 3.63) is 60.2 Å². The summed E-state index contributed by atoms with van der Waals surface area (Å²) in [6.45, 7) is 0.325. The maximum Gasteiger partial charge on any atom is 0.241 e. The summed E-state index contributed by atoms with van der Waals surface area (Å²) < 4.78 is 33.3. The Labute approximate surface area is 171 Å². The lowest BCUT2D eigenvalue weighted by molar-refractivity contribution is -0.132. The number of para-hydroxylation sites is 1. The van der Waals surface area contributed by atoms with Crippen LogP contribution in [0.1, 0.15) is 12.0 Å². The summed E-state index contributed by atoms with van der Waals surface area (Å²) in [6, 6.07) is 14.7. The van der Waals surface area contributed by atoms with Crippen LogP contribution < -0.4 is 9.46 Å². The predicted octanol–water partition coefficient (Wildman–Crippen LogP) is 2.75. The van der Waals surface area contributed by atoms with Gasteiger partial charge in [-0.25, -0.2) is 8.42 Å². The van der Waals surface area contributed by atoms with E-state index >= 15 is 0 Å². The van der Waals surface area contributed by atoms with Gasteiger partial charge in [0.05, 0.1) is 12.0 Å². The van der Waals surface area contributed by atoms with Gasteiger partial charge in [0, 0.05) is 19.2 Å². The quantitative estimate of drug-likeness (QED) is 0.637. The van der Waals surface area contributed by atoms with Crippen LogP contribution in [-0.2, 0) is 21.4 Å². The van der Waals surface area contributed by atoms with Crippen LogP contribution in [0.2, 0.25) is 0 Å². The molecule has 8 heteroatoms. The molecule has 0 aliphatic rings. The molecule has 0 bridgehead atoms. The molecule has 0 heterocycles. The van der Waals surface area contributed by atoms with Crippen molar-refractivity contribution >= 4 is 27.7 Å². The van der Waals surface area contributed by atoms with Crippen LogP contribution in [0.4, 0.5) is 0 Å². The third-order valence-corrected chi connectivity index (χ3v) is 6.37. The zero-order chi connectivity index (χ0) is 20.6. The average Bonchev–Trinajstić information content (AvgIpc) is 2.71. The molecule has 0 saturated heterocycles. The zero-order valence-electron chi connectivity index (χ0n) is 16.3. The lowest BCUT2D eigenvalue weighted by Crippen LogP contribution is -2.47. The Kier molecular flexibility index (Phi) is 8.35. The van der Waals surface area contributed by atoms with Crippen LogP contribution >= 0.6 is 11.8 Å². The highest BCUT2D eigenvalue weighted by molar-refractivity contribution is 7.98. The third kappa shape index (κ3) is 5.98. The Morgan fingerprint density at radius 2 is 1.79 bits per heavy atom. The van der Waals surface area contributed by atoms with Crippen molar-refractivity contribution in [1.29, 1.82) is 0 Å². The summed E-state index contributed by atoms with van der Waals surface area (Å²) in [5, 5.41) is 0. The summed E-state index contributed by atoms with van der Waals surface area (Å²) in [7, 11) is -0.542. The molecule has 28 heavy (non-hydrogen) atoms. The van der Waals surface area contributed by atoms with Gasteiger partial charge in [-0.1, -0.05) is 36.4 Å². The Morgan fingerprint density at radius 3 is 2.43 bits per heavy atom. The highest BCUT2D eigenvalue weighted by Gasteiger charge is 2.28. The fourth-order valence-corrected chi connectivity index (χ4v) is 4.47. The SMILES string of the molecule is COc1ccccc1CN(C)C(=O)C(CCSC)NS(=O)(=O)c1ccccc1. The first-order chi connectivity index (χ1) is 13.4. The van der Waals surface area contributed by atoms with E-state index in [4.69, 9.17) is 4.74 Å². The monoisotopic (exact) mass is 422 g/mol. The van der Waals surface area contributed by atoms with Gasteiger partial charge in [-0.05, 0) is 36.6 Å². The zero-order valence-corrected chi connectivity index (χ0v) is 17.9. The van der Waals surface area contributed by atoms with Crippen LogP contribution in [0, 0.1) is 0 Å². The van der Waals surface area contributed by atoms with Crippen molar-refractivity contribution in [3.63, 3.8) is 0 Å². The van der Waals surface area contributed by atoms with Crippen molar-refractivity contribution in [1.82, 2.24) is 9.62 Å². The van der Waals surface area contributed by atoms with Gasteiger partial charge >= 0.3 is 0 Å². The second kappa shape index (κ2) is 10.5. The number of thioether (sulfide) groups is 1. The van der Waals surface area contributed by atoms with Gasteiger partial charge in [0.1, 0.15) is 11.8 Å². The molecule has 2 aromatic carbocycles. The molecule has 0 aliphatic heterocycles. The molecule has 0 saturated carbocycles. The molecule has 0 aliphatic carbocycles. The molecule has 1 atom stereocenters. The van der Waals surface area contributed by atoms with Crippen LogP contribution in [-0.4, -0.2) is 51.4 Å². The fraction of sp³-hybridized carbons (Fsp3) is 0.350. The molecule has 6 nitrogen and oxygen atoms in total. The number of sulfonamides is 1. The van der Waals surface area contributed by atoms with Gasteiger partial charge in [0.25, 0.3) is 0 Å². The van der Waals surface area contributed by atoms with Crippen molar-refractivity contribution in [2.24, 2.45) is 0 Å². The maximum absolute atomic E-state index is 13.0. The molecule has 152 valence electrons.